The number of fused-ring (bicyclic) bond motifs is 1. The third kappa shape index (κ3) is 4.22. The maximum atomic E-state index is 13.0. The van der Waals surface area contributed by atoms with Gasteiger partial charge in [0.05, 0.1) is 0 Å². The van der Waals surface area contributed by atoms with Crippen molar-refractivity contribution in [3.63, 3.8) is 0 Å². The Labute approximate surface area is 205 Å². The van der Waals surface area contributed by atoms with Crippen molar-refractivity contribution in [3.8, 4) is 5.75 Å². The van der Waals surface area contributed by atoms with E-state index in [0.29, 0.717) is 30.5 Å². The fourth-order valence-electron chi connectivity index (χ4n) is 6.15. The highest BCUT2D eigenvalue weighted by Crippen LogP contribution is 2.36. The number of rotatable bonds is 5. The number of likely N-dealkylation sites (tertiary alicyclic amines) is 1. The summed E-state index contributed by atoms with van der Waals surface area (Å²) in [5.41, 5.74) is 2.93. The minimum Gasteiger partial charge on any atom is -0.489 e. The molecule has 3 fully saturated rings. The van der Waals surface area contributed by atoms with Crippen molar-refractivity contribution < 1.29 is 19.1 Å². The summed E-state index contributed by atoms with van der Waals surface area (Å²) in [5, 5.41) is 2.36. The van der Waals surface area contributed by atoms with Crippen LogP contribution in [0.1, 0.15) is 65.9 Å². The molecule has 0 bridgehead atoms. The number of carbonyl (C=O) groups excluding carboxylic acids is 3. The molecule has 2 aromatic carbocycles. The highest BCUT2D eigenvalue weighted by atomic mass is 16.5. The summed E-state index contributed by atoms with van der Waals surface area (Å²) in [5.74, 6) is 0.587. The lowest BCUT2D eigenvalue weighted by Crippen LogP contribution is -2.57. The summed E-state index contributed by atoms with van der Waals surface area (Å²) in [6, 6.07) is 16.2. The molecule has 0 unspecified atom stereocenters. The van der Waals surface area contributed by atoms with Crippen LogP contribution in [0.2, 0.25) is 0 Å². The monoisotopic (exact) mass is 473 g/mol. The van der Waals surface area contributed by atoms with Crippen molar-refractivity contribution in [1.29, 1.82) is 0 Å². The third-order valence-corrected chi connectivity index (χ3v) is 8.10. The van der Waals surface area contributed by atoms with Gasteiger partial charge in [0.25, 0.3) is 5.91 Å². The van der Waals surface area contributed by atoms with Crippen LogP contribution in [-0.4, -0.2) is 58.8 Å². The first-order chi connectivity index (χ1) is 17.1. The summed E-state index contributed by atoms with van der Waals surface area (Å²) < 4.78 is 6.55. The Morgan fingerprint density at radius 2 is 1.71 bits per heavy atom. The number of amides is 3. The molecule has 2 saturated heterocycles. The van der Waals surface area contributed by atoms with Crippen LogP contribution in [0.5, 0.6) is 5.75 Å². The van der Waals surface area contributed by atoms with E-state index in [1.165, 1.54) is 18.4 Å². The van der Waals surface area contributed by atoms with Crippen LogP contribution in [0.3, 0.4) is 0 Å². The molecule has 35 heavy (non-hydrogen) atoms. The molecule has 6 rings (SSSR count). The first-order valence-electron chi connectivity index (χ1n) is 12.8. The van der Waals surface area contributed by atoms with Crippen molar-refractivity contribution in [1.82, 2.24) is 15.1 Å². The molecule has 7 nitrogen and oxygen atoms in total. The van der Waals surface area contributed by atoms with Crippen LogP contribution in [0.4, 0.5) is 0 Å². The second-order valence-corrected chi connectivity index (χ2v) is 10.3. The molecule has 1 saturated carbocycles. The van der Waals surface area contributed by atoms with E-state index in [4.69, 9.17) is 4.74 Å². The molecule has 1 N–H and O–H groups in total. The first-order valence-corrected chi connectivity index (χ1v) is 12.8. The van der Waals surface area contributed by atoms with Gasteiger partial charge < -0.3 is 9.64 Å². The number of nitrogens with one attached hydrogen (secondary N) is 1. The van der Waals surface area contributed by atoms with E-state index >= 15 is 0 Å². The van der Waals surface area contributed by atoms with Crippen LogP contribution in [0.15, 0.2) is 48.5 Å². The van der Waals surface area contributed by atoms with E-state index in [1.807, 2.05) is 18.2 Å². The summed E-state index contributed by atoms with van der Waals surface area (Å²) in [4.78, 5) is 40.9. The van der Waals surface area contributed by atoms with Gasteiger partial charge in [0.1, 0.15) is 17.9 Å². The van der Waals surface area contributed by atoms with E-state index < -0.39 is 6.04 Å². The van der Waals surface area contributed by atoms with Gasteiger partial charge in [-0.3, -0.25) is 24.6 Å². The predicted molar refractivity (Wildman–Crippen MR) is 130 cm³/mol. The molecule has 4 aliphatic rings. The molecule has 2 aromatic rings. The molecule has 182 valence electrons. The second kappa shape index (κ2) is 9.11. The number of ether oxygens (including phenoxy) is 1. The molecule has 0 radical (unpaired) electrons. The van der Waals surface area contributed by atoms with E-state index in [9.17, 15) is 14.4 Å². The number of hydrogen-bond donors (Lipinski definition) is 1. The topological polar surface area (TPSA) is 79.0 Å². The van der Waals surface area contributed by atoms with Crippen molar-refractivity contribution in [2.45, 2.75) is 69.2 Å². The average molecular weight is 474 g/mol. The Balaban J connectivity index is 1.12. The van der Waals surface area contributed by atoms with Gasteiger partial charge in [-0.25, -0.2) is 0 Å². The first kappa shape index (κ1) is 22.3. The number of hydrogen-bond acceptors (Lipinski definition) is 5. The molecule has 1 aliphatic carbocycles. The number of carbonyl (C=O) groups is 3. The molecular formula is C28H31N3O4. The van der Waals surface area contributed by atoms with Gasteiger partial charge in [-0.1, -0.05) is 36.8 Å². The number of benzene rings is 2. The lowest BCUT2D eigenvalue weighted by Gasteiger charge is -2.48. The standard InChI is InChI=1S/C28H31N3O4/c32-26-13-12-24(27(33)29-26)31-17-19-14-21(10-11-22(19)28(31)34)35-25-9-5-4-8-23(25)30-15-20(16-30)18-6-2-1-3-7-18/h1-3,6-7,10-11,14,20,23-25H,4-5,8-9,12-13,15-17H2,(H,29,32,33)/t23-,24-,25-/m1/s1. The van der Waals surface area contributed by atoms with Gasteiger partial charge >= 0.3 is 0 Å². The van der Waals surface area contributed by atoms with Crippen molar-refractivity contribution in [2.24, 2.45) is 0 Å². The molecule has 3 aliphatic heterocycles. The highest BCUT2D eigenvalue weighted by molar-refractivity contribution is 6.05. The van der Waals surface area contributed by atoms with E-state index in [1.54, 1.807) is 4.90 Å². The van der Waals surface area contributed by atoms with Crippen molar-refractivity contribution in [2.75, 3.05) is 13.1 Å². The summed E-state index contributed by atoms with van der Waals surface area (Å²) in [6.07, 6.45) is 5.36. The Hall–Kier alpha value is -3.19. The Morgan fingerprint density at radius 3 is 2.51 bits per heavy atom. The second-order valence-electron chi connectivity index (χ2n) is 10.3. The zero-order valence-corrected chi connectivity index (χ0v) is 19.8. The predicted octanol–water partition coefficient (Wildman–Crippen LogP) is 3.24. The van der Waals surface area contributed by atoms with Gasteiger partial charge in [0.2, 0.25) is 11.8 Å². The normalized spacial score (nSPS) is 27.4. The summed E-state index contributed by atoms with van der Waals surface area (Å²) in [7, 11) is 0. The fraction of sp³-hybridized carbons (Fsp3) is 0.464. The van der Waals surface area contributed by atoms with Crippen molar-refractivity contribution >= 4 is 17.7 Å². The third-order valence-electron chi connectivity index (χ3n) is 8.10. The van der Waals surface area contributed by atoms with E-state index in [-0.39, 0.29) is 30.2 Å². The molecule has 0 aromatic heterocycles. The van der Waals surface area contributed by atoms with Crippen LogP contribution in [-0.2, 0) is 16.1 Å². The van der Waals surface area contributed by atoms with Gasteiger partial charge in [0, 0.05) is 43.6 Å². The minimum atomic E-state index is -0.594. The molecular weight excluding hydrogens is 442 g/mol. The molecule has 3 atom stereocenters. The molecule has 3 amide bonds. The highest BCUT2D eigenvalue weighted by Gasteiger charge is 2.41. The Kier molecular flexibility index (Phi) is 5.80. The summed E-state index contributed by atoms with van der Waals surface area (Å²) >= 11 is 0. The SMILES string of the molecule is O=C1CC[C@@H](N2Cc3cc(O[C@@H]4CCCC[C@H]4N4CC(c5ccccc5)C4)ccc3C2=O)C(=O)N1. The van der Waals surface area contributed by atoms with Gasteiger partial charge in [-0.05, 0) is 55.0 Å². The smallest absolute Gasteiger partial charge is 0.255 e. The van der Waals surface area contributed by atoms with Crippen LogP contribution in [0.25, 0.3) is 0 Å². The lowest BCUT2D eigenvalue weighted by molar-refractivity contribution is -0.136. The zero-order chi connectivity index (χ0) is 23.9. The largest absolute Gasteiger partial charge is 0.489 e. The molecule has 3 heterocycles. The molecule has 0 spiro atoms. The lowest BCUT2D eigenvalue weighted by atomic mass is 9.84. The number of piperidine rings is 1. The fourth-order valence-corrected chi connectivity index (χ4v) is 6.15. The number of nitrogens with zero attached hydrogens (tertiary/aromatic N) is 2. The van der Waals surface area contributed by atoms with Gasteiger partial charge in [-0.2, -0.15) is 0 Å². The summed E-state index contributed by atoms with van der Waals surface area (Å²) in [6.45, 7) is 2.53. The Morgan fingerprint density at radius 1 is 0.914 bits per heavy atom. The van der Waals surface area contributed by atoms with Crippen molar-refractivity contribution in [3.05, 3.63) is 65.2 Å². The van der Waals surface area contributed by atoms with Crippen LogP contribution < -0.4 is 10.1 Å². The minimum absolute atomic E-state index is 0.141. The van der Waals surface area contributed by atoms with Crippen LogP contribution in [0, 0.1) is 0 Å². The number of imide groups is 1. The quantitative estimate of drug-likeness (QED) is 0.675. The maximum Gasteiger partial charge on any atom is 0.255 e. The Bertz CT molecular complexity index is 1140. The van der Waals surface area contributed by atoms with E-state index in [0.717, 1.165) is 37.2 Å². The van der Waals surface area contributed by atoms with E-state index in [2.05, 4.69) is 40.5 Å². The van der Waals surface area contributed by atoms with Crippen LogP contribution >= 0.6 is 0 Å². The zero-order valence-electron chi connectivity index (χ0n) is 19.8. The van der Waals surface area contributed by atoms with Gasteiger partial charge in [0.15, 0.2) is 0 Å². The molecule has 7 heteroatoms. The van der Waals surface area contributed by atoms with Gasteiger partial charge in [-0.15, -0.1) is 0 Å². The average Bonchev–Trinajstić information content (AvgIpc) is 3.15. The maximum absolute atomic E-state index is 13.0.